The third kappa shape index (κ3) is 4.87. The molecule has 1 aromatic carbocycles. The number of nitrogens with two attached hydrogens (primary N) is 1. The summed E-state index contributed by atoms with van der Waals surface area (Å²) in [5.41, 5.74) is 7.09. The summed E-state index contributed by atoms with van der Waals surface area (Å²) in [7, 11) is 1.90. The van der Waals surface area contributed by atoms with E-state index in [2.05, 4.69) is 6.92 Å². The second-order valence-corrected chi connectivity index (χ2v) is 6.34. The molecule has 0 aromatic heterocycles. The Bertz CT molecular complexity index is 464. The molecule has 3 unspecified atom stereocenters. The Balaban J connectivity index is 0.00000220. The van der Waals surface area contributed by atoms with Crippen LogP contribution in [0, 0.1) is 5.92 Å². The number of benzene rings is 1. The number of rotatable bonds is 4. The summed E-state index contributed by atoms with van der Waals surface area (Å²) in [6, 6.07) is 8.19. The minimum Gasteiger partial charge on any atom is -0.342 e. The number of amides is 1. The summed E-state index contributed by atoms with van der Waals surface area (Å²) in [6.45, 7) is 2.08. The molecular weight excluding hydrogens is 307 g/mol. The fourth-order valence-electron chi connectivity index (χ4n) is 2.84. The minimum absolute atomic E-state index is 0. The maximum absolute atomic E-state index is 12.4. The Morgan fingerprint density at radius 2 is 2.00 bits per heavy atom. The third-order valence-electron chi connectivity index (χ3n) is 4.28. The van der Waals surface area contributed by atoms with Gasteiger partial charge in [-0.05, 0) is 50.3 Å². The molecule has 21 heavy (non-hydrogen) atoms. The Kier molecular flexibility index (Phi) is 6.98. The Morgan fingerprint density at radius 3 is 2.52 bits per heavy atom. The van der Waals surface area contributed by atoms with Gasteiger partial charge in [0.2, 0.25) is 5.91 Å². The van der Waals surface area contributed by atoms with Crippen molar-refractivity contribution in [2.75, 3.05) is 7.05 Å². The fraction of sp³-hybridized carbons (Fsp3) is 0.562. The molecule has 1 fully saturated rings. The first-order valence-corrected chi connectivity index (χ1v) is 7.62. The highest BCUT2D eigenvalue weighted by atomic mass is 35.5. The number of hydrogen-bond donors (Lipinski definition) is 1. The van der Waals surface area contributed by atoms with Crippen LogP contribution in [0.1, 0.15) is 31.7 Å². The van der Waals surface area contributed by atoms with Gasteiger partial charge in [-0.3, -0.25) is 4.79 Å². The molecule has 1 aliphatic carbocycles. The van der Waals surface area contributed by atoms with E-state index >= 15 is 0 Å². The second-order valence-electron chi connectivity index (χ2n) is 5.90. The lowest BCUT2D eigenvalue weighted by Gasteiger charge is -2.27. The molecule has 1 amide bonds. The van der Waals surface area contributed by atoms with Gasteiger partial charge in [0.1, 0.15) is 0 Å². The normalized spacial score (nSPS) is 22.5. The van der Waals surface area contributed by atoms with E-state index in [-0.39, 0.29) is 36.3 Å². The average Bonchev–Trinajstić information content (AvgIpc) is 2.86. The summed E-state index contributed by atoms with van der Waals surface area (Å²) < 4.78 is 0. The van der Waals surface area contributed by atoms with E-state index in [1.807, 2.05) is 36.2 Å². The highest BCUT2D eigenvalue weighted by Crippen LogP contribution is 2.26. The maximum Gasteiger partial charge on any atom is 0.225 e. The van der Waals surface area contributed by atoms with Gasteiger partial charge in [0.15, 0.2) is 0 Å². The van der Waals surface area contributed by atoms with E-state index in [9.17, 15) is 4.79 Å². The van der Waals surface area contributed by atoms with Crippen molar-refractivity contribution in [1.82, 2.24) is 4.90 Å². The number of hydrogen-bond acceptors (Lipinski definition) is 2. The van der Waals surface area contributed by atoms with Gasteiger partial charge >= 0.3 is 0 Å². The van der Waals surface area contributed by atoms with Gasteiger partial charge < -0.3 is 10.6 Å². The molecule has 3 nitrogen and oxygen atoms in total. The molecule has 0 spiro atoms. The largest absolute Gasteiger partial charge is 0.342 e. The molecule has 0 aliphatic heterocycles. The zero-order valence-electron chi connectivity index (χ0n) is 12.6. The fourth-order valence-corrected chi connectivity index (χ4v) is 2.97. The van der Waals surface area contributed by atoms with Gasteiger partial charge in [0.05, 0.1) is 0 Å². The predicted molar refractivity (Wildman–Crippen MR) is 90.0 cm³/mol. The number of carbonyl (C=O) groups is 1. The van der Waals surface area contributed by atoms with Gasteiger partial charge in [0, 0.05) is 30.1 Å². The first-order chi connectivity index (χ1) is 9.47. The molecule has 1 saturated carbocycles. The van der Waals surface area contributed by atoms with Crippen LogP contribution in [-0.2, 0) is 11.2 Å². The maximum atomic E-state index is 12.4. The van der Waals surface area contributed by atoms with Crippen molar-refractivity contribution in [3.63, 3.8) is 0 Å². The lowest BCUT2D eigenvalue weighted by atomic mass is 10.0. The Hall–Kier alpha value is -0.770. The van der Waals surface area contributed by atoms with Crippen LogP contribution in [0.25, 0.3) is 0 Å². The summed E-state index contributed by atoms with van der Waals surface area (Å²) in [5, 5.41) is 0.741. The quantitative estimate of drug-likeness (QED) is 0.920. The van der Waals surface area contributed by atoms with Gasteiger partial charge in [-0.25, -0.2) is 0 Å². The molecule has 5 heteroatoms. The topological polar surface area (TPSA) is 46.3 Å². The smallest absolute Gasteiger partial charge is 0.225 e. The SMILES string of the molecule is CC(Cc1ccc(Cl)cc1)N(C)C(=O)C1CCC(N)C1.Cl. The molecular formula is C16H24Cl2N2O. The van der Waals surface area contributed by atoms with Crippen LogP contribution < -0.4 is 5.73 Å². The van der Waals surface area contributed by atoms with Crippen LogP contribution >= 0.6 is 24.0 Å². The summed E-state index contributed by atoms with van der Waals surface area (Å²) in [5.74, 6) is 0.349. The van der Waals surface area contributed by atoms with E-state index in [4.69, 9.17) is 17.3 Å². The molecule has 0 bridgehead atoms. The average molecular weight is 331 g/mol. The Labute approximate surface area is 138 Å². The van der Waals surface area contributed by atoms with Gasteiger partial charge in [0.25, 0.3) is 0 Å². The molecule has 2 rings (SSSR count). The summed E-state index contributed by atoms with van der Waals surface area (Å²) in [4.78, 5) is 14.3. The summed E-state index contributed by atoms with van der Waals surface area (Å²) in [6.07, 6.45) is 3.57. The first kappa shape index (κ1) is 18.3. The van der Waals surface area contributed by atoms with Crippen molar-refractivity contribution in [2.24, 2.45) is 11.7 Å². The van der Waals surface area contributed by atoms with E-state index in [0.717, 1.165) is 30.7 Å². The molecule has 118 valence electrons. The van der Waals surface area contributed by atoms with E-state index in [0.29, 0.717) is 0 Å². The van der Waals surface area contributed by atoms with Crippen LogP contribution in [0.3, 0.4) is 0 Å². The monoisotopic (exact) mass is 330 g/mol. The van der Waals surface area contributed by atoms with Crippen molar-refractivity contribution >= 4 is 29.9 Å². The number of nitrogens with zero attached hydrogens (tertiary/aromatic N) is 1. The van der Waals surface area contributed by atoms with Crippen molar-refractivity contribution in [2.45, 2.75) is 44.7 Å². The van der Waals surface area contributed by atoms with Gasteiger partial charge in [-0.1, -0.05) is 23.7 Å². The molecule has 2 N–H and O–H groups in total. The van der Waals surface area contributed by atoms with Gasteiger partial charge in [-0.2, -0.15) is 0 Å². The van der Waals surface area contributed by atoms with E-state index < -0.39 is 0 Å². The number of halogens is 2. The molecule has 1 aromatic rings. The van der Waals surface area contributed by atoms with Crippen LogP contribution in [0.4, 0.5) is 0 Å². The van der Waals surface area contributed by atoms with Crippen molar-refractivity contribution in [3.05, 3.63) is 34.9 Å². The first-order valence-electron chi connectivity index (χ1n) is 7.24. The highest BCUT2D eigenvalue weighted by molar-refractivity contribution is 6.30. The lowest BCUT2D eigenvalue weighted by Crippen LogP contribution is -2.40. The molecule has 0 heterocycles. The lowest BCUT2D eigenvalue weighted by molar-refractivity contribution is -0.135. The van der Waals surface area contributed by atoms with Crippen LogP contribution in [-0.4, -0.2) is 29.9 Å². The number of carbonyl (C=O) groups excluding carboxylic acids is 1. The van der Waals surface area contributed by atoms with Gasteiger partial charge in [-0.15, -0.1) is 12.4 Å². The van der Waals surface area contributed by atoms with Crippen LogP contribution in [0.15, 0.2) is 24.3 Å². The molecule has 0 radical (unpaired) electrons. The minimum atomic E-state index is 0. The Morgan fingerprint density at radius 1 is 1.38 bits per heavy atom. The van der Waals surface area contributed by atoms with Crippen LogP contribution in [0.5, 0.6) is 0 Å². The van der Waals surface area contributed by atoms with Crippen molar-refractivity contribution in [3.8, 4) is 0 Å². The molecule has 3 atom stereocenters. The molecule has 1 aliphatic rings. The van der Waals surface area contributed by atoms with Crippen molar-refractivity contribution in [1.29, 1.82) is 0 Å². The third-order valence-corrected chi connectivity index (χ3v) is 4.53. The van der Waals surface area contributed by atoms with Crippen molar-refractivity contribution < 1.29 is 4.79 Å². The standard InChI is InChI=1S/C16H23ClN2O.ClH/c1-11(9-12-3-6-14(17)7-4-12)19(2)16(20)13-5-8-15(18)10-13;/h3-4,6-7,11,13,15H,5,8-10,18H2,1-2H3;1H. The second kappa shape index (κ2) is 8.02. The summed E-state index contributed by atoms with van der Waals surface area (Å²) >= 11 is 5.88. The zero-order valence-corrected chi connectivity index (χ0v) is 14.2. The van der Waals surface area contributed by atoms with Crippen LogP contribution in [0.2, 0.25) is 5.02 Å². The van der Waals surface area contributed by atoms with E-state index in [1.54, 1.807) is 0 Å². The van der Waals surface area contributed by atoms with E-state index in [1.165, 1.54) is 5.56 Å². The zero-order chi connectivity index (χ0) is 14.7. The predicted octanol–water partition coefficient (Wildman–Crippen LogP) is 3.28. The molecule has 0 saturated heterocycles. The highest BCUT2D eigenvalue weighted by Gasteiger charge is 2.31. The number of likely N-dealkylation sites (N-methyl/N-ethyl adjacent to an activating group) is 1.